The second-order valence-corrected chi connectivity index (χ2v) is 13.5. The predicted octanol–water partition coefficient (Wildman–Crippen LogP) is 4.82. The summed E-state index contributed by atoms with van der Waals surface area (Å²) in [6, 6.07) is 20.0. The van der Waals surface area contributed by atoms with Crippen molar-refractivity contribution in [3.63, 3.8) is 0 Å². The number of hydrogen-bond acceptors (Lipinski definition) is 4. The summed E-state index contributed by atoms with van der Waals surface area (Å²) in [5.41, 5.74) is 9.23. The second kappa shape index (κ2) is 10.6. The topological polar surface area (TPSA) is 87.5 Å². The standard InChI is InChI=1S/C24H33N3O3Si.CH3/c1-6-20-22(28)17(2)21(26-27-25)23(29-20)30-31(24(3,4)5,18-13-9-7-10-14-18)19-15-11-8-12-16-19;/h7-17,20-23,28H,6H2,1-5H3;1H3/q;-1/t17-,20?,21?,22+,23+;/m1./s1. The molecule has 0 aromatic heterocycles. The first kappa shape index (κ1) is 26.1. The quantitative estimate of drug-likeness (QED) is 0.223. The Labute approximate surface area is 193 Å². The summed E-state index contributed by atoms with van der Waals surface area (Å²) in [5.74, 6) is -0.280. The van der Waals surface area contributed by atoms with E-state index in [9.17, 15) is 10.6 Å². The van der Waals surface area contributed by atoms with Crippen LogP contribution in [0.1, 0.15) is 41.0 Å². The third-order valence-corrected chi connectivity index (χ3v) is 11.3. The zero-order chi connectivity index (χ0) is 22.6. The summed E-state index contributed by atoms with van der Waals surface area (Å²) in [4.78, 5) is 3.05. The highest BCUT2D eigenvalue weighted by molar-refractivity contribution is 6.99. The lowest BCUT2D eigenvalue weighted by Gasteiger charge is -2.49. The van der Waals surface area contributed by atoms with Crippen molar-refractivity contribution in [1.82, 2.24) is 0 Å². The average Bonchev–Trinajstić information content (AvgIpc) is 2.77. The zero-order valence-corrected chi connectivity index (χ0v) is 21.0. The molecule has 0 bridgehead atoms. The number of aliphatic hydroxyl groups excluding tert-OH is 1. The van der Waals surface area contributed by atoms with Gasteiger partial charge in [-0.25, -0.2) is 0 Å². The molecule has 5 atom stereocenters. The van der Waals surface area contributed by atoms with Gasteiger partial charge in [0.15, 0.2) is 6.29 Å². The van der Waals surface area contributed by atoms with Crippen LogP contribution in [-0.4, -0.2) is 38.0 Å². The van der Waals surface area contributed by atoms with Crippen molar-refractivity contribution in [1.29, 1.82) is 0 Å². The van der Waals surface area contributed by atoms with E-state index < -0.39 is 26.8 Å². The van der Waals surface area contributed by atoms with Gasteiger partial charge in [-0.05, 0) is 33.3 Å². The van der Waals surface area contributed by atoms with Gasteiger partial charge in [0.05, 0.1) is 18.2 Å². The minimum atomic E-state index is -2.89. The molecule has 1 heterocycles. The summed E-state index contributed by atoms with van der Waals surface area (Å²) in [6.45, 7) is 10.5. The minimum absolute atomic E-state index is 0. The van der Waals surface area contributed by atoms with E-state index in [4.69, 9.17) is 9.16 Å². The molecule has 0 radical (unpaired) electrons. The zero-order valence-electron chi connectivity index (χ0n) is 20.0. The number of nitrogens with zero attached hydrogens (tertiary/aromatic N) is 3. The first-order valence-corrected chi connectivity index (χ1v) is 12.8. The van der Waals surface area contributed by atoms with Gasteiger partial charge in [0, 0.05) is 4.91 Å². The van der Waals surface area contributed by atoms with Crippen LogP contribution < -0.4 is 10.4 Å². The summed E-state index contributed by atoms with van der Waals surface area (Å²) < 4.78 is 13.3. The molecule has 0 aliphatic carbocycles. The maximum Gasteiger partial charge on any atom is 0.264 e. The number of rotatable bonds is 6. The van der Waals surface area contributed by atoms with Gasteiger partial charge >= 0.3 is 0 Å². The second-order valence-electron chi connectivity index (χ2n) is 9.28. The van der Waals surface area contributed by atoms with E-state index in [0.29, 0.717) is 6.42 Å². The number of hydrogen-bond donors (Lipinski definition) is 1. The van der Waals surface area contributed by atoms with E-state index in [1.165, 1.54) is 0 Å². The Kier molecular flexibility index (Phi) is 8.68. The lowest BCUT2D eigenvalue weighted by molar-refractivity contribution is -0.217. The molecule has 0 amide bonds. The van der Waals surface area contributed by atoms with Gasteiger partial charge in [-0.2, -0.15) is 0 Å². The smallest absolute Gasteiger partial charge is 0.264 e. The fourth-order valence-corrected chi connectivity index (χ4v) is 9.20. The van der Waals surface area contributed by atoms with Gasteiger partial charge in [0.2, 0.25) is 0 Å². The molecule has 0 saturated carbocycles. The molecule has 0 spiro atoms. The maximum absolute atomic E-state index is 10.7. The van der Waals surface area contributed by atoms with E-state index in [1.807, 2.05) is 50.2 Å². The van der Waals surface area contributed by atoms with E-state index in [0.717, 1.165) is 10.4 Å². The Bertz CT molecular complexity index is 858. The van der Waals surface area contributed by atoms with Crippen LogP contribution in [0.15, 0.2) is 65.8 Å². The molecule has 1 saturated heterocycles. The number of azide groups is 1. The molecule has 1 aliphatic heterocycles. The van der Waals surface area contributed by atoms with Gasteiger partial charge < -0.3 is 21.7 Å². The van der Waals surface area contributed by atoms with Crippen LogP contribution in [0, 0.1) is 13.3 Å². The number of aliphatic hydroxyl groups is 1. The van der Waals surface area contributed by atoms with Crippen LogP contribution in [0.3, 0.4) is 0 Å². The monoisotopic (exact) mass is 454 g/mol. The Hall–Kier alpha value is -2.15. The van der Waals surface area contributed by atoms with Gasteiger partial charge in [0.1, 0.15) is 0 Å². The van der Waals surface area contributed by atoms with Crippen molar-refractivity contribution < 1.29 is 14.3 Å². The SMILES string of the molecule is CCC1O[C@@H](O[Si](c2ccccc2)(c2ccccc2)C(C)(C)C)C(N=[N+]=[N-])[C@@H](C)[C@@H]1O.[CH3-]. The summed E-state index contributed by atoms with van der Waals surface area (Å²) in [6.07, 6.45) is -1.18. The molecule has 2 aromatic carbocycles. The fourth-order valence-electron chi connectivity index (χ4n) is 4.64. The third-order valence-electron chi connectivity index (χ3n) is 6.34. The van der Waals surface area contributed by atoms with Crippen LogP contribution >= 0.6 is 0 Å². The molecule has 1 fully saturated rings. The third kappa shape index (κ3) is 4.77. The summed E-state index contributed by atoms with van der Waals surface area (Å²) >= 11 is 0. The predicted molar refractivity (Wildman–Crippen MR) is 132 cm³/mol. The van der Waals surface area contributed by atoms with Gasteiger partial charge in [0.25, 0.3) is 8.32 Å². The number of benzene rings is 2. The normalized spacial score (nSPS) is 26.0. The van der Waals surface area contributed by atoms with E-state index in [1.54, 1.807) is 0 Å². The van der Waals surface area contributed by atoms with Crippen molar-refractivity contribution in [2.75, 3.05) is 0 Å². The molecule has 2 unspecified atom stereocenters. The molecule has 32 heavy (non-hydrogen) atoms. The van der Waals surface area contributed by atoms with Crippen LogP contribution in [0.4, 0.5) is 0 Å². The summed E-state index contributed by atoms with van der Waals surface area (Å²) in [7, 11) is -2.89. The molecule has 2 aromatic rings. The van der Waals surface area contributed by atoms with Gasteiger partial charge in [-0.3, -0.25) is 0 Å². The van der Waals surface area contributed by atoms with Crippen LogP contribution in [-0.2, 0) is 9.16 Å². The first-order valence-electron chi connectivity index (χ1n) is 10.9. The molecule has 7 heteroatoms. The Morgan fingerprint density at radius 1 is 1.06 bits per heavy atom. The fraction of sp³-hybridized carbons (Fsp3) is 0.480. The average molecular weight is 455 g/mol. The largest absolute Gasteiger partial charge is 0.390 e. The summed E-state index contributed by atoms with van der Waals surface area (Å²) in [5, 5.41) is 16.7. The van der Waals surface area contributed by atoms with E-state index in [-0.39, 0.29) is 24.5 Å². The molecule has 174 valence electrons. The highest BCUT2D eigenvalue weighted by Crippen LogP contribution is 2.40. The van der Waals surface area contributed by atoms with Crippen molar-refractivity contribution in [3.05, 3.63) is 78.5 Å². The first-order chi connectivity index (χ1) is 14.8. The molecule has 1 aliphatic rings. The van der Waals surface area contributed by atoms with Crippen molar-refractivity contribution in [2.45, 2.75) is 70.6 Å². The molecular weight excluding hydrogens is 418 g/mol. The molecule has 1 N–H and O–H groups in total. The van der Waals surface area contributed by atoms with Gasteiger partial charge in [-0.15, -0.1) is 0 Å². The Morgan fingerprint density at radius 2 is 1.56 bits per heavy atom. The van der Waals surface area contributed by atoms with Gasteiger partial charge in [-0.1, -0.05) is 100 Å². The Morgan fingerprint density at radius 3 is 1.97 bits per heavy atom. The van der Waals surface area contributed by atoms with Crippen molar-refractivity contribution in [2.24, 2.45) is 11.0 Å². The number of ether oxygens (including phenoxy) is 1. The van der Waals surface area contributed by atoms with Crippen LogP contribution in [0.2, 0.25) is 5.04 Å². The van der Waals surface area contributed by atoms with E-state index in [2.05, 4.69) is 55.1 Å². The van der Waals surface area contributed by atoms with Crippen molar-refractivity contribution >= 4 is 18.7 Å². The lowest BCUT2D eigenvalue weighted by Crippen LogP contribution is -2.70. The molecule has 3 rings (SSSR count). The van der Waals surface area contributed by atoms with Crippen LogP contribution in [0.25, 0.3) is 10.4 Å². The van der Waals surface area contributed by atoms with E-state index >= 15 is 0 Å². The highest BCUT2D eigenvalue weighted by atomic mass is 28.4. The van der Waals surface area contributed by atoms with Crippen molar-refractivity contribution in [3.8, 4) is 0 Å². The minimum Gasteiger partial charge on any atom is -0.390 e. The lowest BCUT2D eigenvalue weighted by atomic mass is 9.88. The molecule has 6 nitrogen and oxygen atoms in total. The maximum atomic E-state index is 10.7. The molecular formula is C25H36N3O3Si-. The Balaban J connectivity index is 0.00000363. The van der Waals surface area contributed by atoms with Crippen LogP contribution in [0.5, 0.6) is 0 Å². The highest BCUT2D eigenvalue weighted by Gasteiger charge is 2.54.